The van der Waals surface area contributed by atoms with E-state index in [1.807, 2.05) is 23.5 Å². The summed E-state index contributed by atoms with van der Waals surface area (Å²) >= 11 is 3.88. The molecule has 0 fully saturated rings. The molecule has 13 heavy (non-hydrogen) atoms. The Morgan fingerprint density at radius 1 is 1.31 bits per heavy atom. The molecule has 0 aromatic heterocycles. The predicted octanol–water partition coefficient (Wildman–Crippen LogP) is 3.68. The molecule has 0 bridgehead atoms. The van der Waals surface area contributed by atoms with Gasteiger partial charge in [-0.1, -0.05) is 24.3 Å². The van der Waals surface area contributed by atoms with Crippen molar-refractivity contribution in [2.24, 2.45) is 0 Å². The van der Waals surface area contributed by atoms with Gasteiger partial charge in [-0.3, -0.25) is 0 Å². The van der Waals surface area contributed by atoms with E-state index in [-0.39, 0.29) is 0 Å². The van der Waals surface area contributed by atoms with Crippen molar-refractivity contribution < 1.29 is 0 Å². The second-order valence-corrected chi connectivity index (χ2v) is 5.36. The molecule has 0 radical (unpaired) electrons. The van der Waals surface area contributed by atoms with E-state index in [1.165, 1.54) is 4.90 Å². The maximum Gasteiger partial charge on any atom is 0.0421 e. The van der Waals surface area contributed by atoms with Gasteiger partial charge in [0, 0.05) is 10.3 Å². The van der Waals surface area contributed by atoms with Gasteiger partial charge in [-0.05, 0) is 0 Å². The summed E-state index contributed by atoms with van der Waals surface area (Å²) in [7, 11) is 0. The highest BCUT2D eigenvalue weighted by molar-refractivity contribution is 8.16. The zero-order chi connectivity index (χ0) is 8.93. The van der Waals surface area contributed by atoms with Crippen molar-refractivity contribution >= 4 is 23.5 Å². The zero-order valence-corrected chi connectivity index (χ0v) is 8.85. The van der Waals surface area contributed by atoms with E-state index in [9.17, 15) is 0 Å². The third kappa shape index (κ3) is 2.75. The Morgan fingerprint density at radius 3 is 2.85 bits per heavy atom. The van der Waals surface area contributed by atoms with Gasteiger partial charge in [0.05, 0.1) is 0 Å². The van der Waals surface area contributed by atoms with Crippen LogP contribution in [0.1, 0.15) is 0 Å². The molecule has 0 amide bonds. The topological polar surface area (TPSA) is 0 Å². The highest BCUT2D eigenvalue weighted by Crippen LogP contribution is 2.27. The number of hydrogen-bond acceptors (Lipinski definition) is 2. The monoisotopic (exact) mass is 207 g/mol. The summed E-state index contributed by atoms with van der Waals surface area (Å²) in [6, 6.07) is 8.49. The van der Waals surface area contributed by atoms with E-state index in [0.717, 1.165) is 5.08 Å². The average molecular weight is 207 g/mol. The molecule has 0 aliphatic heterocycles. The van der Waals surface area contributed by atoms with Gasteiger partial charge in [0.1, 0.15) is 0 Å². The lowest BCUT2D eigenvalue weighted by atomic mass is 10.5. The normalized spacial score (nSPS) is 15.7. The molecule has 0 unspecified atom stereocenters. The summed E-state index contributed by atoms with van der Waals surface area (Å²) in [5, 5.41) is 1.73. The summed E-state index contributed by atoms with van der Waals surface area (Å²) in [5.74, 6) is 0. The fourth-order valence-electron chi connectivity index (χ4n) is 1.16. The average Bonchev–Trinajstić information content (AvgIpc) is 2.75. The Labute approximate surface area is 87.5 Å². The standard InChI is InChI=1S/C11H11S2/c1-2-6-10(5-1)12-9-13-11-7-3-4-8-11/h1-8,10H,9H2/q-1. The lowest BCUT2D eigenvalue weighted by molar-refractivity contribution is 1.47. The van der Waals surface area contributed by atoms with Gasteiger partial charge >= 0.3 is 0 Å². The van der Waals surface area contributed by atoms with Crippen LogP contribution in [-0.2, 0) is 0 Å². The lowest BCUT2D eigenvalue weighted by Crippen LogP contribution is -1.88. The minimum absolute atomic E-state index is 0.600. The Hall–Kier alpha value is -0.470. The van der Waals surface area contributed by atoms with Crippen molar-refractivity contribution in [3.63, 3.8) is 0 Å². The molecule has 0 spiro atoms. The first-order chi connectivity index (χ1) is 6.45. The predicted molar refractivity (Wildman–Crippen MR) is 62.4 cm³/mol. The van der Waals surface area contributed by atoms with Crippen molar-refractivity contribution in [1.82, 2.24) is 0 Å². The molecule has 0 heterocycles. The second kappa shape index (κ2) is 4.68. The maximum absolute atomic E-state index is 2.23. The zero-order valence-electron chi connectivity index (χ0n) is 7.22. The van der Waals surface area contributed by atoms with Crippen LogP contribution in [0.3, 0.4) is 0 Å². The van der Waals surface area contributed by atoms with Gasteiger partial charge in [0.15, 0.2) is 0 Å². The Morgan fingerprint density at radius 2 is 2.15 bits per heavy atom. The van der Waals surface area contributed by atoms with Crippen molar-refractivity contribution in [1.29, 1.82) is 0 Å². The van der Waals surface area contributed by atoms with Crippen LogP contribution in [-0.4, -0.2) is 10.3 Å². The smallest absolute Gasteiger partial charge is 0.0421 e. The fourth-order valence-corrected chi connectivity index (χ4v) is 3.35. The minimum Gasteiger partial charge on any atom is -0.201 e. The van der Waals surface area contributed by atoms with Crippen molar-refractivity contribution in [2.75, 3.05) is 5.08 Å². The number of allylic oxidation sites excluding steroid dienone is 2. The first-order valence-electron chi connectivity index (χ1n) is 4.26. The SMILES string of the molecule is C1=CC(SCSc2cc[cH-]c2)C=C1. The number of hydrogen-bond donors (Lipinski definition) is 0. The molecule has 68 valence electrons. The molecule has 2 heteroatoms. The molecule has 1 aliphatic carbocycles. The summed E-state index contributed by atoms with van der Waals surface area (Å²) < 4.78 is 0. The Bertz CT molecular complexity index is 284. The fraction of sp³-hybridized carbons (Fsp3) is 0.182. The van der Waals surface area contributed by atoms with Gasteiger partial charge in [0.25, 0.3) is 0 Å². The molecular weight excluding hydrogens is 196 g/mol. The molecular formula is C11H11S2-. The first-order valence-corrected chi connectivity index (χ1v) is 6.30. The van der Waals surface area contributed by atoms with E-state index in [0.29, 0.717) is 5.25 Å². The van der Waals surface area contributed by atoms with Gasteiger partial charge < -0.3 is 0 Å². The van der Waals surface area contributed by atoms with Crippen LogP contribution in [0.15, 0.2) is 53.5 Å². The van der Waals surface area contributed by atoms with Gasteiger partial charge in [-0.15, -0.1) is 16.7 Å². The Kier molecular flexibility index (Phi) is 3.27. The summed E-state index contributed by atoms with van der Waals surface area (Å²) in [5.41, 5.74) is 0. The van der Waals surface area contributed by atoms with Crippen molar-refractivity contribution in [2.45, 2.75) is 10.1 Å². The first kappa shape index (κ1) is 9.10. The van der Waals surface area contributed by atoms with Crippen LogP contribution >= 0.6 is 23.5 Å². The minimum atomic E-state index is 0.600. The van der Waals surface area contributed by atoms with Crippen LogP contribution in [0.4, 0.5) is 0 Å². The van der Waals surface area contributed by atoms with Gasteiger partial charge in [-0.2, -0.15) is 30.0 Å². The van der Waals surface area contributed by atoms with Crippen LogP contribution in [0.5, 0.6) is 0 Å². The van der Waals surface area contributed by atoms with E-state index in [4.69, 9.17) is 0 Å². The van der Waals surface area contributed by atoms with Crippen molar-refractivity contribution in [3.8, 4) is 0 Å². The van der Waals surface area contributed by atoms with E-state index in [2.05, 4.69) is 48.6 Å². The molecule has 0 atom stereocenters. The third-order valence-electron chi connectivity index (χ3n) is 1.83. The van der Waals surface area contributed by atoms with Crippen LogP contribution in [0, 0.1) is 0 Å². The Balaban J connectivity index is 1.69. The third-order valence-corrected chi connectivity index (χ3v) is 4.15. The van der Waals surface area contributed by atoms with E-state index in [1.54, 1.807) is 0 Å². The summed E-state index contributed by atoms with van der Waals surface area (Å²) in [6.07, 6.45) is 8.70. The van der Waals surface area contributed by atoms with Crippen LogP contribution in [0.25, 0.3) is 0 Å². The molecule has 0 saturated heterocycles. The molecule has 0 nitrogen and oxygen atoms in total. The van der Waals surface area contributed by atoms with Crippen LogP contribution in [0.2, 0.25) is 0 Å². The van der Waals surface area contributed by atoms with Gasteiger partial charge in [-0.25, -0.2) is 6.07 Å². The molecule has 1 aromatic rings. The van der Waals surface area contributed by atoms with Crippen molar-refractivity contribution in [3.05, 3.63) is 48.6 Å². The molecule has 0 saturated carbocycles. The number of thioether (sulfide) groups is 2. The maximum atomic E-state index is 2.23. The van der Waals surface area contributed by atoms with Gasteiger partial charge in [0.2, 0.25) is 0 Å². The number of rotatable bonds is 4. The second-order valence-electron chi connectivity index (χ2n) is 2.78. The molecule has 1 aliphatic rings. The van der Waals surface area contributed by atoms with Crippen LogP contribution < -0.4 is 0 Å². The quantitative estimate of drug-likeness (QED) is 0.419. The molecule has 1 aromatic carbocycles. The summed E-state index contributed by atoms with van der Waals surface area (Å²) in [6.45, 7) is 0. The highest BCUT2D eigenvalue weighted by atomic mass is 32.2. The van der Waals surface area contributed by atoms with E-state index >= 15 is 0 Å². The largest absolute Gasteiger partial charge is 0.201 e. The highest BCUT2D eigenvalue weighted by Gasteiger charge is 2.01. The lowest BCUT2D eigenvalue weighted by Gasteiger charge is -2.06. The molecule has 2 rings (SSSR count). The van der Waals surface area contributed by atoms with E-state index < -0.39 is 0 Å². The molecule has 0 N–H and O–H groups in total. The summed E-state index contributed by atoms with van der Waals surface area (Å²) in [4.78, 5) is 1.37.